The first kappa shape index (κ1) is 13.9. The third-order valence-electron chi connectivity index (χ3n) is 3.18. The molecule has 0 bridgehead atoms. The molecule has 112 valence electrons. The Morgan fingerprint density at radius 3 is 2.36 bits per heavy atom. The maximum Gasteiger partial charge on any atom is 0.333 e. The Balaban J connectivity index is 1.63. The lowest BCUT2D eigenvalue weighted by Gasteiger charge is -2.12. The zero-order valence-electron chi connectivity index (χ0n) is 11.7. The van der Waals surface area contributed by atoms with E-state index in [0.29, 0.717) is 17.2 Å². The summed E-state index contributed by atoms with van der Waals surface area (Å²) in [4.78, 5) is 42.1. The number of amides is 2. The van der Waals surface area contributed by atoms with Crippen molar-refractivity contribution >= 4 is 17.8 Å². The Labute approximate surface area is 125 Å². The van der Waals surface area contributed by atoms with Gasteiger partial charge in [-0.15, -0.1) is 0 Å². The molecule has 2 amide bonds. The largest absolute Gasteiger partial charge is 0.333 e. The maximum atomic E-state index is 12.0. The van der Waals surface area contributed by atoms with Crippen LogP contribution in [0.3, 0.4) is 0 Å². The van der Waals surface area contributed by atoms with Crippen molar-refractivity contribution in [3.63, 3.8) is 0 Å². The number of hydrogen-bond donors (Lipinski definition) is 0. The quantitative estimate of drug-likeness (QED) is 0.763. The molecule has 0 spiro atoms. The SMILES string of the molecule is Cn1ncc(CCC(=O)ON2C(=O)c3ccccc3C2=O)n1. The molecule has 8 heteroatoms. The smallest absolute Gasteiger partial charge is 0.330 e. The normalized spacial score (nSPS) is 13.4. The molecule has 1 aliphatic heterocycles. The molecule has 0 saturated carbocycles. The minimum absolute atomic E-state index is 0.00784. The Morgan fingerprint density at radius 1 is 1.18 bits per heavy atom. The second-order valence-electron chi connectivity index (χ2n) is 4.74. The van der Waals surface area contributed by atoms with Crippen LogP contribution in [0.25, 0.3) is 0 Å². The third kappa shape index (κ3) is 2.46. The molecule has 2 heterocycles. The number of carbonyl (C=O) groups is 3. The average molecular weight is 300 g/mol. The third-order valence-corrected chi connectivity index (χ3v) is 3.18. The van der Waals surface area contributed by atoms with Gasteiger partial charge in [0.2, 0.25) is 0 Å². The van der Waals surface area contributed by atoms with Crippen LogP contribution in [0.5, 0.6) is 0 Å². The topological polar surface area (TPSA) is 94.4 Å². The van der Waals surface area contributed by atoms with Crippen molar-refractivity contribution in [1.29, 1.82) is 0 Å². The number of benzene rings is 1. The van der Waals surface area contributed by atoms with Crippen LogP contribution in [0.2, 0.25) is 0 Å². The highest BCUT2D eigenvalue weighted by atomic mass is 16.7. The molecule has 1 aliphatic rings. The van der Waals surface area contributed by atoms with Crippen molar-refractivity contribution in [1.82, 2.24) is 20.1 Å². The molecular formula is C14H12N4O4. The molecule has 0 fully saturated rings. The summed E-state index contributed by atoms with van der Waals surface area (Å²) >= 11 is 0. The Morgan fingerprint density at radius 2 is 1.82 bits per heavy atom. The van der Waals surface area contributed by atoms with Gasteiger partial charge < -0.3 is 4.84 Å². The summed E-state index contributed by atoms with van der Waals surface area (Å²) in [6.07, 6.45) is 1.84. The van der Waals surface area contributed by atoms with E-state index < -0.39 is 17.8 Å². The van der Waals surface area contributed by atoms with Gasteiger partial charge >= 0.3 is 5.97 Å². The molecule has 1 aromatic carbocycles. The second-order valence-corrected chi connectivity index (χ2v) is 4.74. The van der Waals surface area contributed by atoms with Gasteiger partial charge in [-0.1, -0.05) is 17.2 Å². The summed E-state index contributed by atoms with van der Waals surface area (Å²) in [7, 11) is 1.67. The van der Waals surface area contributed by atoms with Gasteiger partial charge in [0, 0.05) is 13.5 Å². The van der Waals surface area contributed by atoms with Crippen LogP contribution < -0.4 is 0 Å². The zero-order valence-corrected chi connectivity index (χ0v) is 11.7. The Hall–Kier alpha value is -3.03. The van der Waals surface area contributed by atoms with E-state index in [9.17, 15) is 14.4 Å². The van der Waals surface area contributed by atoms with E-state index in [0.717, 1.165) is 0 Å². The van der Waals surface area contributed by atoms with Crippen LogP contribution in [-0.2, 0) is 23.1 Å². The van der Waals surface area contributed by atoms with Crippen LogP contribution >= 0.6 is 0 Å². The number of rotatable bonds is 4. The maximum absolute atomic E-state index is 12.0. The molecule has 0 saturated heterocycles. The first-order valence-electron chi connectivity index (χ1n) is 6.60. The van der Waals surface area contributed by atoms with Gasteiger partial charge in [0.15, 0.2) is 0 Å². The fourth-order valence-electron chi connectivity index (χ4n) is 2.13. The Kier molecular flexibility index (Phi) is 3.42. The number of imide groups is 1. The average Bonchev–Trinajstić information content (AvgIpc) is 3.03. The van der Waals surface area contributed by atoms with Gasteiger partial charge in [-0.2, -0.15) is 15.0 Å². The molecular weight excluding hydrogens is 288 g/mol. The highest BCUT2D eigenvalue weighted by Gasteiger charge is 2.38. The number of hydrogen-bond acceptors (Lipinski definition) is 6. The van der Waals surface area contributed by atoms with E-state index in [1.165, 1.54) is 23.1 Å². The summed E-state index contributed by atoms with van der Waals surface area (Å²) < 4.78 is 0. The lowest BCUT2D eigenvalue weighted by Crippen LogP contribution is -2.32. The number of fused-ring (bicyclic) bond motifs is 1. The molecule has 3 rings (SSSR count). The number of nitrogens with zero attached hydrogens (tertiary/aromatic N) is 4. The van der Waals surface area contributed by atoms with Crippen molar-refractivity contribution in [2.75, 3.05) is 0 Å². The van der Waals surface area contributed by atoms with Gasteiger partial charge in [0.05, 0.1) is 29.4 Å². The zero-order chi connectivity index (χ0) is 15.7. The van der Waals surface area contributed by atoms with E-state index in [2.05, 4.69) is 10.2 Å². The van der Waals surface area contributed by atoms with Gasteiger partial charge in [-0.3, -0.25) is 9.59 Å². The first-order chi connectivity index (χ1) is 10.6. The first-order valence-corrected chi connectivity index (χ1v) is 6.60. The summed E-state index contributed by atoms with van der Waals surface area (Å²) in [5, 5.41) is 8.41. The summed E-state index contributed by atoms with van der Waals surface area (Å²) in [6.45, 7) is 0. The van der Waals surface area contributed by atoms with Crippen molar-refractivity contribution in [3.8, 4) is 0 Å². The van der Waals surface area contributed by atoms with E-state index in [-0.39, 0.29) is 17.5 Å². The summed E-state index contributed by atoms with van der Waals surface area (Å²) in [5.41, 5.74) is 1.09. The van der Waals surface area contributed by atoms with Gasteiger partial charge in [0.1, 0.15) is 0 Å². The van der Waals surface area contributed by atoms with E-state index in [4.69, 9.17) is 4.84 Å². The Bertz CT molecular complexity index is 733. The highest BCUT2D eigenvalue weighted by Crippen LogP contribution is 2.22. The van der Waals surface area contributed by atoms with Crippen molar-refractivity contribution in [2.45, 2.75) is 12.8 Å². The van der Waals surface area contributed by atoms with Gasteiger partial charge in [-0.05, 0) is 12.1 Å². The molecule has 0 radical (unpaired) electrons. The van der Waals surface area contributed by atoms with E-state index in [1.807, 2.05) is 0 Å². The monoisotopic (exact) mass is 300 g/mol. The fourth-order valence-corrected chi connectivity index (χ4v) is 2.13. The van der Waals surface area contributed by atoms with E-state index in [1.54, 1.807) is 19.2 Å². The molecule has 0 aliphatic carbocycles. The lowest BCUT2D eigenvalue weighted by atomic mass is 10.1. The summed E-state index contributed by atoms with van der Waals surface area (Å²) in [6, 6.07) is 6.32. The van der Waals surface area contributed by atoms with Crippen LogP contribution in [0, 0.1) is 0 Å². The molecule has 1 aromatic heterocycles. The second kappa shape index (κ2) is 5.40. The minimum Gasteiger partial charge on any atom is -0.330 e. The van der Waals surface area contributed by atoms with Crippen LogP contribution in [0.4, 0.5) is 0 Å². The number of hydroxylamine groups is 2. The number of carbonyl (C=O) groups excluding carboxylic acids is 3. The van der Waals surface area contributed by atoms with Gasteiger partial charge in [0.25, 0.3) is 11.8 Å². The fraction of sp³-hybridized carbons (Fsp3) is 0.214. The molecule has 0 atom stereocenters. The van der Waals surface area contributed by atoms with Crippen molar-refractivity contribution in [3.05, 3.63) is 47.3 Å². The van der Waals surface area contributed by atoms with E-state index >= 15 is 0 Å². The highest BCUT2D eigenvalue weighted by molar-refractivity contribution is 6.20. The van der Waals surface area contributed by atoms with Crippen molar-refractivity contribution in [2.24, 2.45) is 7.05 Å². The molecule has 0 N–H and O–H groups in total. The predicted octanol–water partition coefficient (Wildman–Crippen LogP) is 0.502. The minimum atomic E-state index is -0.680. The molecule has 22 heavy (non-hydrogen) atoms. The van der Waals surface area contributed by atoms with Gasteiger partial charge in [-0.25, -0.2) is 4.79 Å². The summed E-state index contributed by atoms with van der Waals surface area (Å²) in [5.74, 6) is -1.94. The standard InChI is InChI=1S/C14H12N4O4/c1-17-15-8-9(16-17)6-7-12(19)22-18-13(20)10-4-2-3-5-11(10)14(18)21/h2-5,8H,6-7H2,1H3. The predicted molar refractivity (Wildman–Crippen MR) is 72.4 cm³/mol. The number of aromatic nitrogens is 3. The molecule has 8 nitrogen and oxygen atoms in total. The van der Waals surface area contributed by atoms with Crippen LogP contribution in [0.15, 0.2) is 30.5 Å². The lowest BCUT2D eigenvalue weighted by molar-refractivity contribution is -0.168. The van der Waals surface area contributed by atoms with Crippen LogP contribution in [-0.4, -0.2) is 37.8 Å². The molecule has 0 unspecified atom stereocenters. The number of aryl methyl sites for hydroxylation is 2. The van der Waals surface area contributed by atoms with Crippen molar-refractivity contribution < 1.29 is 19.2 Å². The molecule has 2 aromatic rings. The van der Waals surface area contributed by atoms with Crippen LogP contribution in [0.1, 0.15) is 32.8 Å².